The van der Waals surface area contributed by atoms with E-state index < -0.39 is 23.8 Å². The molecule has 34 heavy (non-hydrogen) atoms. The van der Waals surface area contributed by atoms with E-state index in [1.165, 1.54) is 12.1 Å². The number of nitrogens with zero attached hydrogens (tertiary/aromatic N) is 4. The molecule has 2 atom stereocenters. The van der Waals surface area contributed by atoms with E-state index in [2.05, 4.69) is 15.3 Å². The molecule has 0 radical (unpaired) electrons. The predicted molar refractivity (Wildman–Crippen MR) is 123 cm³/mol. The second-order valence-electron chi connectivity index (χ2n) is 8.58. The van der Waals surface area contributed by atoms with Gasteiger partial charge in [-0.05, 0) is 26.0 Å². The molecule has 1 N–H and O–H groups in total. The monoisotopic (exact) mass is 471 g/mol. The molecule has 1 fully saturated rings. The van der Waals surface area contributed by atoms with Crippen molar-refractivity contribution in [2.45, 2.75) is 32.4 Å². The summed E-state index contributed by atoms with van der Waals surface area (Å²) < 4.78 is 46.6. The summed E-state index contributed by atoms with van der Waals surface area (Å²) in [5, 5.41) is 3.81. The molecule has 2 aliphatic heterocycles. The summed E-state index contributed by atoms with van der Waals surface area (Å²) >= 11 is 0. The van der Waals surface area contributed by atoms with E-state index in [1.807, 2.05) is 17.0 Å². The number of hydrogen-bond donors (Lipinski definition) is 1. The number of carbonyl (C=O) groups excluding carboxylic acids is 1. The normalized spacial score (nSPS) is 18.8. The van der Waals surface area contributed by atoms with E-state index in [0.29, 0.717) is 48.0 Å². The molecule has 1 unspecified atom stereocenters. The third-order valence-electron chi connectivity index (χ3n) is 6.43. The first-order chi connectivity index (χ1) is 16.3. The molecule has 3 heterocycles. The fourth-order valence-electron chi connectivity index (χ4n) is 4.67. The van der Waals surface area contributed by atoms with Gasteiger partial charge < -0.3 is 19.9 Å². The molecule has 0 aliphatic carbocycles. The molecule has 178 valence electrons. The number of alkyl halides is 2. The lowest BCUT2D eigenvalue weighted by atomic mass is 10.0. The number of nitrogens with one attached hydrogen (secondary N) is 1. The number of rotatable bonds is 4. The average molecular weight is 471 g/mol. The number of hydrogen-bond acceptors (Lipinski definition) is 6. The van der Waals surface area contributed by atoms with E-state index in [4.69, 9.17) is 4.74 Å². The van der Waals surface area contributed by atoms with Gasteiger partial charge in [0, 0.05) is 24.5 Å². The molecular formula is C24H24F3N5O2. The van der Waals surface area contributed by atoms with E-state index in [9.17, 15) is 18.0 Å². The molecule has 0 bridgehead atoms. The van der Waals surface area contributed by atoms with Crippen LogP contribution in [-0.4, -0.2) is 48.7 Å². The van der Waals surface area contributed by atoms with Crippen LogP contribution in [0.4, 0.5) is 30.4 Å². The predicted octanol–water partition coefficient (Wildman–Crippen LogP) is 4.37. The van der Waals surface area contributed by atoms with Crippen LogP contribution in [0.25, 0.3) is 10.9 Å². The van der Waals surface area contributed by atoms with Gasteiger partial charge in [-0.15, -0.1) is 0 Å². The molecule has 10 heteroatoms. The van der Waals surface area contributed by atoms with Crippen molar-refractivity contribution in [1.29, 1.82) is 0 Å². The lowest BCUT2D eigenvalue weighted by Crippen LogP contribution is -2.57. The van der Waals surface area contributed by atoms with Crippen molar-refractivity contribution in [3.8, 4) is 0 Å². The molecule has 1 saturated heterocycles. The largest absolute Gasteiger partial charge is 0.377 e. The molecule has 2 aliphatic rings. The van der Waals surface area contributed by atoms with Crippen molar-refractivity contribution in [3.05, 3.63) is 53.1 Å². The topological polar surface area (TPSA) is 70.6 Å². The van der Waals surface area contributed by atoms with Gasteiger partial charge in [0.2, 0.25) is 0 Å². The molecule has 1 amide bonds. The third-order valence-corrected chi connectivity index (χ3v) is 6.43. The molecule has 1 aromatic heterocycles. The van der Waals surface area contributed by atoms with E-state index in [0.717, 1.165) is 11.8 Å². The first kappa shape index (κ1) is 22.4. The Balaban J connectivity index is 1.58. The van der Waals surface area contributed by atoms with Crippen LogP contribution in [0.1, 0.15) is 36.3 Å². The smallest absolute Gasteiger partial charge is 0.266 e. The lowest BCUT2D eigenvalue weighted by molar-refractivity contribution is -0.122. The summed E-state index contributed by atoms with van der Waals surface area (Å²) in [6, 6.07) is 6.71. The highest BCUT2D eigenvalue weighted by atomic mass is 19.3. The number of benzene rings is 2. The number of halogens is 3. The molecule has 7 nitrogen and oxygen atoms in total. The molecule has 0 spiro atoms. The molecular weight excluding hydrogens is 447 g/mol. The standard InChI is InChI=1S/C24H24F3N5O2/c1-12(14-5-4-6-15(21(14)25)22(26)27)28-23-16-9-18-19(10-17(16)29-13(2)30-23)32-7-8-34-11-20(32)24(33)31(18)3/h4-6,9-10,12,20,22H,7-8,11H2,1-3H3,(H,28,29,30)/t12-,20?/m1/s1. The second-order valence-corrected chi connectivity index (χ2v) is 8.58. The first-order valence-electron chi connectivity index (χ1n) is 11.0. The highest BCUT2D eigenvalue weighted by Crippen LogP contribution is 2.41. The summed E-state index contributed by atoms with van der Waals surface area (Å²) in [6.45, 7) is 4.89. The average Bonchev–Trinajstić information content (AvgIpc) is 2.81. The Kier molecular flexibility index (Phi) is 5.55. The Morgan fingerprint density at radius 3 is 2.71 bits per heavy atom. The summed E-state index contributed by atoms with van der Waals surface area (Å²) in [7, 11) is 1.72. The number of aryl methyl sites for hydroxylation is 1. The number of amides is 1. The van der Waals surface area contributed by atoms with Crippen molar-refractivity contribution >= 4 is 34.0 Å². The van der Waals surface area contributed by atoms with E-state index in [1.54, 1.807) is 25.8 Å². The van der Waals surface area contributed by atoms with Crippen LogP contribution in [0.15, 0.2) is 30.3 Å². The lowest BCUT2D eigenvalue weighted by Gasteiger charge is -2.44. The van der Waals surface area contributed by atoms with Crippen LogP contribution < -0.4 is 15.1 Å². The maximum atomic E-state index is 14.7. The zero-order chi connectivity index (χ0) is 24.1. The van der Waals surface area contributed by atoms with Crippen LogP contribution in [0.5, 0.6) is 0 Å². The van der Waals surface area contributed by atoms with Crippen LogP contribution in [0.3, 0.4) is 0 Å². The Morgan fingerprint density at radius 2 is 1.94 bits per heavy atom. The van der Waals surface area contributed by atoms with E-state index in [-0.39, 0.29) is 17.5 Å². The summed E-state index contributed by atoms with van der Waals surface area (Å²) in [5.41, 5.74) is 1.74. The Morgan fingerprint density at radius 1 is 1.18 bits per heavy atom. The number of carbonyl (C=O) groups is 1. The molecule has 2 aromatic carbocycles. The maximum absolute atomic E-state index is 14.7. The molecule has 3 aromatic rings. The number of ether oxygens (including phenoxy) is 1. The van der Waals surface area contributed by atoms with Gasteiger partial charge in [0.25, 0.3) is 12.3 Å². The van der Waals surface area contributed by atoms with Gasteiger partial charge in [-0.1, -0.05) is 18.2 Å². The number of likely N-dealkylation sites (N-methyl/N-ethyl adjacent to an activating group) is 1. The van der Waals surface area contributed by atoms with Gasteiger partial charge in [-0.25, -0.2) is 23.1 Å². The SMILES string of the molecule is Cc1nc(N[C@H](C)c2cccc(C(F)F)c2F)c2cc3c(cc2n1)N1CCOCC1C(=O)N3C. The molecule has 0 saturated carbocycles. The Labute approximate surface area is 194 Å². The number of aromatic nitrogens is 2. The van der Waals surface area contributed by atoms with Crippen LogP contribution in [-0.2, 0) is 9.53 Å². The van der Waals surface area contributed by atoms with Crippen molar-refractivity contribution in [2.75, 3.05) is 41.9 Å². The maximum Gasteiger partial charge on any atom is 0.266 e. The zero-order valence-corrected chi connectivity index (χ0v) is 19.0. The Bertz CT molecular complexity index is 1290. The van der Waals surface area contributed by atoms with Crippen molar-refractivity contribution < 1.29 is 22.7 Å². The van der Waals surface area contributed by atoms with Crippen LogP contribution in [0, 0.1) is 12.7 Å². The Hall–Kier alpha value is -3.40. The number of anilines is 3. The summed E-state index contributed by atoms with van der Waals surface area (Å²) in [6.07, 6.45) is -2.90. The third kappa shape index (κ3) is 3.62. The first-order valence-corrected chi connectivity index (χ1v) is 11.0. The number of morpholine rings is 1. The summed E-state index contributed by atoms with van der Waals surface area (Å²) in [5.74, 6) is -0.0608. The van der Waals surface area contributed by atoms with Crippen LogP contribution in [0.2, 0.25) is 0 Å². The minimum Gasteiger partial charge on any atom is -0.377 e. The zero-order valence-electron chi connectivity index (χ0n) is 19.0. The van der Waals surface area contributed by atoms with Gasteiger partial charge in [-0.2, -0.15) is 0 Å². The minimum absolute atomic E-state index is 0.0617. The quantitative estimate of drug-likeness (QED) is 0.610. The number of fused-ring (bicyclic) bond motifs is 4. The van der Waals surface area contributed by atoms with Gasteiger partial charge in [-0.3, -0.25) is 4.79 Å². The van der Waals surface area contributed by atoms with Gasteiger partial charge >= 0.3 is 0 Å². The van der Waals surface area contributed by atoms with Crippen molar-refractivity contribution in [1.82, 2.24) is 9.97 Å². The fourth-order valence-corrected chi connectivity index (χ4v) is 4.67. The van der Waals surface area contributed by atoms with E-state index >= 15 is 0 Å². The molecule has 5 rings (SSSR count). The van der Waals surface area contributed by atoms with Gasteiger partial charge in [0.05, 0.1) is 41.7 Å². The highest BCUT2D eigenvalue weighted by molar-refractivity contribution is 6.09. The summed E-state index contributed by atoms with van der Waals surface area (Å²) in [4.78, 5) is 25.7. The van der Waals surface area contributed by atoms with Gasteiger partial charge in [0.15, 0.2) is 0 Å². The van der Waals surface area contributed by atoms with Gasteiger partial charge in [0.1, 0.15) is 23.5 Å². The fraction of sp³-hybridized carbons (Fsp3) is 0.375. The highest BCUT2D eigenvalue weighted by Gasteiger charge is 2.39. The van der Waals surface area contributed by atoms with Crippen LogP contribution >= 0.6 is 0 Å². The minimum atomic E-state index is -2.90. The van der Waals surface area contributed by atoms with Crippen molar-refractivity contribution in [3.63, 3.8) is 0 Å². The van der Waals surface area contributed by atoms with Crippen molar-refractivity contribution in [2.24, 2.45) is 0 Å². The second kappa shape index (κ2) is 8.43.